The van der Waals surface area contributed by atoms with Gasteiger partial charge in [0, 0.05) is 0 Å². The highest BCUT2D eigenvalue weighted by molar-refractivity contribution is 5.83. The second-order valence-corrected chi connectivity index (χ2v) is 2.99. The van der Waals surface area contributed by atoms with Gasteiger partial charge in [0.1, 0.15) is 5.82 Å². The molecule has 0 N–H and O–H groups in total. The van der Waals surface area contributed by atoms with E-state index in [-0.39, 0.29) is 5.82 Å². The molecule has 60 valence electrons. The SMILES string of the molecule is Cc1ccc2cc(F)ccc2c1. The summed E-state index contributed by atoms with van der Waals surface area (Å²) in [6, 6.07) is 10.8. The first kappa shape index (κ1) is 7.29. The highest BCUT2D eigenvalue weighted by Crippen LogP contribution is 2.16. The van der Waals surface area contributed by atoms with E-state index in [1.165, 1.54) is 11.6 Å². The summed E-state index contributed by atoms with van der Waals surface area (Å²) in [4.78, 5) is 0. The first-order valence-corrected chi connectivity index (χ1v) is 3.92. The number of halogens is 1. The highest BCUT2D eigenvalue weighted by atomic mass is 19.1. The van der Waals surface area contributed by atoms with E-state index in [1.807, 2.05) is 19.1 Å². The molecule has 1 heteroatoms. The van der Waals surface area contributed by atoms with Crippen LogP contribution in [0.2, 0.25) is 0 Å². The molecular formula is C11H9F. The van der Waals surface area contributed by atoms with E-state index < -0.39 is 0 Å². The van der Waals surface area contributed by atoms with E-state index in [2.05, 4.69) is 6.07 Å². The van der Waals surface area contributed by atoms with Gasteiger partial charge in [0.25, 0.3) is 0 Å². The summed E-state index contributed by atoms with van der Waals surface area (Å²) < 4.78 is 12.7. The van der Waals surface area contributed by atoms with Crippen molar-refractivity contribution in [2.45, 2.75) is 6.92 Å². The number of rotatable bonds is 0. The summed E-state index contributed by atoms with van der Waals surface area (Å²) in [5.41, 5.74) is 1.20. The van der Waals surface area contributed by atoms with Crippen molar-refractivity contribution in [3.05, 3.63) is 47.8 Å². The van der Waals surface area contributed by atoms with Crippen LogP contribution in [-0.4, -0.2) is 0 Å². The van der Waals surface area contributed by atoms with Crippen LogP contribution in [0.25, 0.3) is 10.8 Å². The lowest BCUT2D eigenvalue weighted by atomic mass is 10.1. The molecule has 0 aliphatic carbocycles. The standard InChI is InChI=1S/C11H9F/c1-8-2-3-10-7-11(12)5-4-9(10)6-8/h2-7H,1H3. The Morgan fingerprint density at radius 1 is 0.917 bits per heavy atom. The lowest BCUT2D eigenvalue weighted by molar-refractivity contribution is 0.630. The number of benzene rings is 2. The van der Waals surface area contributed by atoms with Gasteiger partial charge in [0.2, 0.25) is 0 Å². The van der Waals surface area contributed by atoms with Gasteiger partial charge in [-0.1, -0.05) is 29.8 Å². The molecule has 0 amide bonds. The first-order chi connectivity index (χ1) is 5.75. The highest BCUT2D eigenvalue weighted by Gasteiger charge is 1.94. The van der Waals surface area contributed by atoms with Crippen molar-refractivity contribution in [2.75, 3.05) is 0 Å². The van der Waals surface area contributed by atoms with Crippen LogP contribution in [0.15, 0.2) is 36.4 Å². The Hall–Kier alpha value is -1.37. The molecule has 12 heavy (non-hydrogen) atoms. The molecular weight excluding hydrogens is 151 g/mol. The van der Waals surface area contributed by atoms with Crippen LogP contribution in [0.5, 0.6) is 0 Å². The van der Waals surface area contributed by atoms with Crippen LogP contribution < -0.4 is 0 Å². The monoisotopic (exact) mass is 160 g/mol. The summed E-state index contributed by atoms with van der Waals surface area (Å²) in [5.74, 6) is -0.175. The van der Waals surface area contributed by atoms with E-state index >= 15 is 0 Å². The third-order valence-corrected chi connectivity index (χ3v) is 1.96. The third kappa shape index (κ3) is 1.18. The average Bonchev–Trinajstić information content (AvgIpc) is 2.05. The lowest BCUT2D eigenvalue weighted by Gasteiger charge is -1.98. The van der Waals surface area contributed by atoms with Crippen molar-refractivity contribution in [2.24, 2.45) is 0 Å². The minimum Gasteiger partial charge on any atom is -0.207 e. The van der Waals surface area contributed by atoms with Gasteiger partial charge in [-0.2, -0.15) is 0 Å². The smallest absolute Gasteiger partial charge is 0.123 e. The molecule has 0 saturated carbocycles. The van der Waals surface area contributed by atoms with Crippen LogP contribution >= 0.6 is 0 Å². The molecule has 0 aliphatic rings. The zero-order valence-electron chi connectivity index (χ0n) is 6.84. The van der Waals surface area contributed by atoms with E-state index in [4.69, 9.17) is 0 Å². The van der Waals surface area contributed by atoms with Crippen molar-refractivity contribution in [1.82, 2.24) is 0 Å². The van der Waals surface area contributed by atoms with Crippen LogP contribution in [0, 0.1) is 12.7 Å². The molecule has 0 heterocycles. The summed E-state index contributed by atoms with van der Waals surface area (Å²) in [7, 11) is 0. The van der Waals surface area contributed by atoms with Crippen molar-refractivity contribution in [3.63, 3.8) is 0 Å². The molecule has 0 fully saturated rings. The van der Waals surface area contributed by atoms with Crippen molar-refractivity contribution in [1.29, 1.82) is 0 Å². The number of aryl methyl sites for hydroxylation is 1. The molecule has 2 rings (SSSR count). The van der Waals surface area contributed by atoms with Crippen LogP contribution in [-0.2, 0) is 0 Å². The van der Waals surface area contributed by atoms with Gasteiger partial charge in [0.15, 0.2) is 0 Å². The van der Waals surface area contributed by atoms with E-state index in [1.54, 1.807) is 12.1 Å². The van der Waals surface area contributed by atoms with E-state index in [9.17, 15) is 4.39 Å². The fourth-order valence-corrected chi connectivity index (χ4v) is 1.34. The molecule has 0 saturated heterocycles. The van der Waals surface area contributed by atoms with Gasteiger partial charge in [-0.3, -0.25) is 0 Å². The van der Waals surface area contributed by atoms with E-state index in [0.29, 0.717) is 0 Å². The number of hydrogen-bond acceptors (Lipinski definition) is 0. The Morgan fingerprint density at radius 2 is 1.58 bits per heavy atom. The quantitative estimate of drug-likeness (QED) is 0.554. The Labute approximate surface area is 70.6 Å². The summed E-state index contributed by atoms with van der Waals surface area (Å²) in [6.07, 6.45) is 0. The predicted molar refractivity (Wildman–Crippen MR) is 48.6 cm³/mol. The zero-order chi connectivity index (χ0) is 8.55. The fourth-order valence-electron chi connectivity index (χ4n) is 1.34. The Morgan fingerprint density at radius 3 is 2.42 bits per heavy atom. The van der Waals surface area contributed by atoms with Crippen LogP contribution in [0.1, 0.15) is 5.56 Å². The van der Waals surface area contributed by atoms with Gasteiger partial charge in [-0.15, -0.1) is 0 Å². The molecule has 0 radical (unpaired) electrons. The topological polar surface area (TPSA) is 0 Å². The molecule has 0 spiro atoms. The summed E-state index contributed by atoms with van der Waals surface area (Å²) >= 11 is 0. The normalized spacial score (nSPS) is 10.5. The van der Waals surface area contributed by atoms with Crippen molar-refractivity contribution in [3.8, 4) is 0 Å². The minimum atomic E-state index is -0.175. The number of hydrogen-bond donors (Lipinski definition) is 0. The minimum absolute atomic E-state index is 0.175. The first-order valence-electron chi connectivity index (χ1n) is 3.92. The largest absolute Gasteiger partial charge is 0.207 e. The predicted octanol–water partition coefficient (Wildman–Crippen LogP) is 3.29. The van der Waals surface area contributed by atoms with Crippen molar-refractivity contribution >= 4 is 10.8 Å². The molecule has 0 nitrogen and oxygen atoms in total. The zero-order valence-corrected chi connectivity index (χ0v) is 6.84. The van der Waals surface area contributed by atoms with Gasteiger partial charge in [0.05, 0.1) is 0 Å². The molecule has 0 bridgehead atoms. The molecule has 2 aromatic carbocycles. The summed E-state index contributed by atoms with van der Waals surface area (Å²) in [6.45, 7) is 2.03. The Bertz CT molecular complexity index is 377. The second kappa shape index (κ2) is 2.59. The maximum Gasteiger partial charge on any atom is 0.123 e. The van der Waals surface area contributed by atoms with Crippen molar-refractivity contribution < 1.29 is 4.39 Å². The van der Waals surface area contributed by atoms with Crippen LogP contribution in [0.3, 0.4) is 0 Å². The van der Waals surface area contributed by atoms with Gasteiger partial charge in [-0.05, 0) is 29.8 Å². The maximum atomic E-state index is 12.7. The second-order valence-electron chi connectivity index (χ2n) is 2.99. The molecule has 0 unspecified atom stereocenters. The lowest BCUT2D eigenvalue weighted by Crippen LogP contribution is -1.77. The Kier molecular flexibility index (Phi) is 1.58. The van der Waals surface area contributed by atoms with Gasteiger partial charge >= 0.3 is 0 Å². The maximum absolute atomic E-state index is 12.7. The third-order valence-electron chi connectivity index (χ3n) is 1.96. The van der Waals surface area contributed by atoms with Gasteiger partial charge in [-0.25, -0.2) is 4.39 Å². The number of fused-ring (bicyclic) bond motifs is 1. The average molecular weight is 160 g/mol. The molecule has 0 atom stereocenters. The van der Waals surface area contributed by atoms with Gasteiger partial charge < -0.3 is 0 Å². The van der Waals surface area contributed by atoms with Crippen LogP contribution in [0.4, 0.5) is 4.39 Å². The fraction of sp³-hybridized carbons (Fsp3) is 0.0909. The summed E-state index contributed by atoms with van der Waals surface area (Å²) in [5, 5.41) is 2.05. The van der Waals surface area contributed by atoms with E-state index in [0.717, 1.165) is 10.8 Å². The molecule has 0 aromatic heterocycles. The Balaban J connectivity index is 2.79. The molecule has 2 aromatic rings. The molecule has 0 aliphatic heterocycles.